The van der Waals surface area contributed by atoms with E-state index in [0.717, 1.165) is 38.0 Å². The van der Waals surface area contributed by atoms with Gasteiger partial charge in [0.2, 0.25) is 0 Å². The predicted molar refractivity (Wildman–Crippen MR) is 122 cm³/mol. The third-order valence-corrected chi connectivity index (χ3v) is 6.90. The van der Waals surface area contributed by atoms with E-state index in [1.54, 1.807) is 0 Å². The lowest BCUT2D eigenvalue weighted by atomic mass is 9.93. The molecule has 1 aliphatic carbocycles. The van der Waals surface area contributed by atoms with Crippen LogP contribution in [0.3, 0.4) is 0 Å². The maximum absolute atomic E-state index is 4.52. The van der Waals surface area contributed by atoms with E-state index in [9.17, 15) is 0 Å². The van der Waals surface area contributed by atoms with Gasteiger partial charge >= 0.3 is 0 Å². The molecule has 5 rings (SSSR count). The van der Waals surface area contributed by atoms with Gasteiger partial charge < -0.3 is 0 Å². The van der Waals surface area contributed by atoms with Crippen LogP contribution in [0.2, 0.25) is 0 Å². The van der Waals surface area contributed by atoms with Crippen LogP contribution in [0.1, 0.15) is 55.1 Å². The lowest BCUT2D eigenvalue weighted by Gasteiger charge is -2.43. The van der Waals surface area contributed by atoms with Crippen molar-refractivity contribution in [1.29, 1.82) is 0 Å². The fourth-order valence-electron chi connectivity index (χ4n) is 5.24. The van der Waals surface area contributed by atoms with Crippen molar-refractivity contribution in [3.8, 4) is 0 Å². The highest BCUT2D eigenvalue weighted by Crippen LogP contribution is 2.30. The number of hydrogen-bond acceptors (Lipinski definition) is 5. The van der Waals surface area contributed by atoms with E-state index in [1.165, 1.54) is 43.2 Å². The van der Waals surface area contributed by atoms with Gasteiger partial charge in [-0.3, -0.25) is 9.80 Å². The molecular weight excluding hydrogens is 384 g/mol. The van der Waals surface area contributed by atoms with Crippen LogP contribution in [0.25, 0.3) is 0 Å². The quantitative estimate of drug-likeness (QED) is 0.612. The van der Waals surface area contributed by atoms with Crippen molar-refractivity contribution in [2.75, 3.05) is 26.2 Å². The molecule has 2 aliphatic rings. The van der Waals surface area contributed by atoms with E-state index in [0.29, 0.717) is 6.54 Å². The zero-order valence-electron chi connectivity index (χ0n) is 18.2. The standard InChI is InChI=1S/C25H32N6/c1-4-10-21(11-5-1)20-31-25(26-27-28-31)24(22-12-6-2-7-13-22)30-18-16-29(17-19-30)23-14-8-3-9-15-23/h1-2,4-7,10-13,23-24H,3,8-9,14-20H2/t24-/m0/s1. The summed E-state index contributed by atoms with van der Waals surface area (Å²) in [6, 6.07) is 22.0. The highest BCUT2D eigenvalue weighted by molar-refractivity contribution is 5.25. The number of nitrogens with zero attached hydrogens (tertiary/aromatic N) is 6. The zero-order chi connectivity index (χ0) is 20.9. The second kappa shape index (κ2) is 9.71. The summed E-state index contributed by atoms with van der Waals surface area (Å²) in [6.45, 7) is 5.06. The Hall–Kier alpha value is -2.57. The van der Waals surface area contributed by atoms with Gasteiger partial charge in [0.05, 0.1) is 12.6 Å². The average molecular weight is 417 g/mol. The fraction of sp³-hybridized carbons (Fsp3) is 0.480. The first kappa shape index (κ1) is 20.3. The Labute approximate surface area is 184 Å². The Morgan fingerprint density at radius 2 is 1.48 bits per heavy atom. The van der Waals surface area contributed by atoms with E-state index in [-0.39, 0.29) is 6.04 Å². The third-order valence-electron chi connectivity index (χ3n) is 6.90. The molecule has 0 amide bonds. The lowest BCUT2D eigenvalue weighted by molar-refractivity contribution is 0.0620. The van der Waals surface area contributed by atoms with E-state index >= 15 is 0 Å². The number of rotatable bonds is 6. The van der Waals surface area contributed by atoms with Crippen molar-refractivity contribution in [3.63, 3.8) is 0 Å². The van der Waals surface area contributed by atoms with Crippen molar-refractivity contribution in [1.82, 2.24) is 30.0 Å². The van der Waals surface area contributed by atoms with Crippen LogP contribution in [-0.2, 0) is 6.54 Å². The Morgan fingerprint density at radius 1 is 0.806 bits per heavy atom. The monoisotopic (exact) mass is 416 g/mol. The van der Waals surface area contributed by atoms with Crippen LogP contribution in [0.15, 0.2) is 60.7 Å². The average Bonchev–Trinajstić information content (AvgIpc) is 3.29. The number of tetrazole rings is 1. The highest BCUT2D eigenvalue weighted by Gasteiger charge is 2.32. The van der Waals surface area contributed by atoms with Crippen molar-refractivity contribution in [2.24, 2.45) is 0 Å². The number of hydrogen-bond donors (Lipinski definition) is 0. The molecule has 0 unspecified atom stereocenters. The van der Waals surface area contributed by atoms with Gasteiger partial charge in [-0.05, 0) is 34.4 Å². The van der Waals surface area contributed by atoms with Gasteiger partial charge in [-0.1, -0.05) is 79.9 Å². The van der Waals surface area contributed by atoms with Crippen LogP contribution in [-0.4, -0.2) is 62.2 Å². The molecule has 6 heteroatoms. The smallest absolute Gasteiger partial charge is 0.173 e. The van der Waals surface area contributed by atoms with Gasteiger partial charge in [0.25, 0.3) is 0 Å². The molecule has 0 bridgehead atoms. The fourth-order valence-corrected chi connectivity index (χ4v) is 5.24. The van der Waals surface area contributed by atoms with E-state index in [4.69, 9.17) is 0 Å². The van der Waals surface area contributed by atoms with Crippen LogP contribution < -0.4 is 0 Å². The summed E-state index contributed by atoms with van der Waals surface area (Å²) >= 11 is 0. The maximum Gasteiger partial charge on any atom is 0.173 e. The van der Waals surface area contributed by atoms with E-state index < -0.39 is 0 Å². The second-order valence-electron chi connectivity index (χ2n) is 8.86. The molecule has 2 aromatic carbocycles. The SMILES string of the molecule is c1ccc(Cn2nnnc2[C@H](c2ccccc2)N2CCN(C3CCCCC3)CC2)cc1. The minimum absolute atomic E-state index is 0.0772. The van der Waals surface area contributed by atoms with Gasteiger partial charge in [-0.15, -0.1) is 5.10 Å². The molecule has 1 atom stereocenters. The molecule has 162 valence electrons. The molecule has 0 radical (unpaired) electrons. The summed E-state index contributed by atoms with van der Waals surface area (Å²) in [5, 5.41) is 13.0. The second-order valence-corrected chi connectivity index (χ2v) is 8.86. The first-order valence-corrected chi connectivity index (χ1v) is 11.7. The Kier molecular flexibility index (Phi) is 6.37. The molecule has 6 nitrogen and oxygen atoms in total. The van der Waals surface area contributed by atoms with Gasteiger partial charge in [0.15, 0.2) is 5.82 Å². The van der Waals surface area contributed by atoms with Gasteiger partial charge in [-0.2, -0.15) is 0 Å². The summed E-state index contributed by atoms with van der Waals surface area (Å²) in [4.78, 5) is 5.30. The normalized spacial score (nSPS) is 20.0. The predicted octanol–water partition coefficient (Wildman–Crippen LogP) is 3.76. The van der Waals surface area contributed by atoms with Crippen LogP contribution in [0.5, 0.6) is 0 Å². The molecule has 1 aliphatic heterocycles. The minimum Gasteiger partial charge on any atom is -0.298 e. The Morgan fingerprint density at radius 3 is 2.19 bits per heavy atom. The summed E-state index contributed by atoms with van der Waals surface area (Å²) in [5.74, 6) is 0.932. The topological polar surface area (TPSA) is 50.1 Å². The first-order valence-electron chi connectivity index (χ1n) is 11.7. The largest absolute Gasteiger partial charge is 0.298 e. The molecule has 31 heavy (non-hydrogen) atoms. The van der Waals surface area contributed by atoms with Crippen molar-refractivity contribution < 1.29 is 0 Å². The molecule has 1 aromatic heterocycles. The Bertz CT molecular complexity index is 927. The van der Waals surface area contributed by atoms with Gasteiger partial charge in [0, 0.05) is 32.2 Å². The summed E-state index contributed by atoms with van der Waals surface area (Å²) in [5.41, 5.74) is 2.47. The zero-order valence-corrected chi connectivity index (χ0v) is 18.2. The molecule has 2 fully saturated rings. The summed E-state index contributed by atoms with van der Waals surface area (Å²) < 4.78 is 1.97. The molecule has 3 aromatic rings. The highest BCUT2D eigenvalue weighted by atomic mass is 15.6. The van der Waals surface area contributed by atoms with Crippen LogP contribution in [0.4, 0.5) is 0 Å². The van der Waals surface area contributed by atoms with Crippen molar-refractivity contribution >= 4 is 0 Å². The van der Waals surface area contributed by atoms with Crippen molar-refractivity contribution in [3.05, 3.63) is 77.6 Å². The molecule has 0 spiro atoms. The van der Waals surface area contributed by atoms with Crippen LogP contribution in [0, 0.1) is 0 Å². The Balaban J connectivity index is 1.37. The summed E-state index contributed by atoms with van der Waals surface area (Å²) in [6.07, 6.45) is 6.95. The van der Waals surface area contributed by atoms with Crippen LogP contribution >= 0.6 is 0 Å². The lowest BCUT2D eigenvalue weighted by Crippen LogP contribution is -2.52. The van der Waals surface area contributed by atoms with Gasteiger partial charge in [0.1, 0.15) is 0 Å². The number of piperazine rings is 1. The minimum atomic E-state index is 0.0772. The number of benzene rings is 2. The first-order chi connectivity index (χ1) is 15.4. The van der Waals surface area contributed by atoms with E-state index in [1.807, 2.05) is 10.7 Å². The summed E-state index contributed by atoms with van der Waals surface area (Å²) in [7, 11) is 0. The molecule has 1 saturated carbocycles. The van der Waals surface area contributed by atoms with E-state index in [2.05, 4.69) is 79.9 Å². The van der Waals surface area contributed by atoms with Crippen molar-refractivity contribution in [2.45, 2.75) is 50.7 Å². The molecule has 2 heterocycles. The molecule has 1 saturated heterocycles. The third kappa shape index (κ3) is 4.70. The molecule has 0 N–H and O–H groups in total. The van der Waals surface area contributed by atoms with Gasteiger partial charge in [-0.25, -0.2) is 4.68 Å². The molecular formula is C25H32N6. The number of aromatic nitrogens is 4. The maximum atomic E-state index is 4.52.